The molecule has 0 heterocycles. The topological polar surface area (TPSA) is 84.7 Å². The van der Waals surface area contributed by atoms with Crippen molar-refractivity contribution in [1.29, 1.82) is 0 Å². The van der Waals surface area contributed by atoms with Crippen molar-refractivity contribution in [2.75, 3.05) is 18.5 Å². The molecule has 0 bridgehead atoms. The Balaban J connectivity index is 1.87. The van der Waals surface area contributed by atoms with Crippen LogP contribution in [0.25, 0.3) is 0 Å². The van der Waals surface area contributed by atoms with Gasteiger partial charge in [0, 0.05) is 18.7 Å². The number of ether oxygens (including phenoxy) is 1. The largest absolute Gasteiger partial charge is 0.573 e. The van der Waals surface area contributed by atoms with Crippen LogP contribution in [-0.4, -0.2) is 36.3 Å². The van der Waals surface area contributed by atoms with Gasteiger partial charge in [-0.1, -0.05) is 32.1 Å². The molecule has 1 fully saturated rings. The highest BCUT2D eigenvalue weighted by molar-refractivity contribution is 5.85. The number of rotatable bonds is 10. The fourth-order valence-electron chi connectivity index (χ4n) is 3.29. The van der Waals surface area contributed by atoms with E-state index < -0.39 is 12.3 Å². The van der Waals surface area contributed by atoms with Gasteiger partial charge in [-0.15, -0.1) is 13.2 Å². The third-order valence-electron chi connectivity index (χ3n) is 4.85. The van der Waals surface area contributed by atoms with E-state index >= 15 is 0 Å². The molecule has 0 aliphatic heterocycles. The molecule has 1 aromatic rings. The zero-order valence-corrected chi connectivity index (χ0v) is 16.2. The number of nitrogens with two attached hydrogens (primary N) is 1. The summed E-state index contributed by atoms with van der Waals surface area (Å²) in [7, 11) is 0. The maximum atomic E-state index is 12.6. The second-order valence-corrected chi connectivity index (χ2v) is 7.17. The summed E-state index contributed by atoms with van der Waals surface area (Å²) in [5, 5.41) is 2.97. The van der Waals surface area contributed by atoms with Crippen LogP contribution in [0.15, 0.2) is 24.3 Å². The Kier molecular flexibility index (Phi) is 8.60. The van der Waals surface area contributed by atoms with Crippen LogP contribution in [0.2, 0.25) is 0 Å². The van der Waals surface area contributed by atoms with Crippen molar-refractivity contribution in [3.05, 3.63) is 30.7 Å². The lowest BCUT2D eigenvalue weighted by Crippen LogP contribution is -2.38. The molecular weight excluding hydrogens is 387 g/mol. The van der Waals surface area contributed by atoms with Gasteiger partial charge < -0.3 is 20.7 Å². The van der Waals surface area contributed by atoms with Gasteiger partial charge in [-0.05, 0) is 36.6 Å². The third-order valence-corrected chi connectivity index (χ3v) is 4.85. The number of primary amides is 1. The highest BCUT2D eigenvalue weighted by Crippen LogP contribution is 2.27. The van der Waals surface area contributed by atoms with Crippen LogP contribution >= 0.6 is 0 Å². The number of carbonyl (C=O) groups is 2. The fourth-order valence-corrected chi connectivity index (χ4v) is 3.29. The smallest absolute Gasteiger partial charge is 0.406 e. The van der Waals surface area contributed by atoms with Crippen LogP contribution in [0.3, 0.4) is 0 Å². The number of nitrogens with one attached hydrogen (secondary N) is 1. The summed E-state index contributed by atoms with van der Waals surface area (Å²) in [4.78, 5) is 25.1. The van der Waals surface area contributed by atoms with Crippen molar-refractivity contribution in [3.63, 3.8) is 0 Å². The molecule has 29 heavy (non-hydrogen) atoms. The van der Waals surface area contributed by atoms with Crippen molar-refractivity contribution >= 4 is 17.5 Å². The molecule has 9 heteroatoms. The number of carbonyl (C=O) groups excluding carboxylic acids is 2. The van der Waals surface area contributed by atoms with E-state index in [-0.39, 0.29) is 31.3 Å². The molecular formula is C20H27F3N3O3. The molecule has 0 saturated heterocycles. The monoisotopic (exact) mass is 414 g/mol. The molecule has 2 rings (SSSR count). The van der Waals surface area contributed by atoms with Crippen molar-refractivity contribution < 1.29 is 27.5 Å². The lowest BCUT2D eigenvalue weighted by Gasteiger charge is -2.25. The zero-order chi connectivity index (χ0) is 21.3. The van der Waals surface area contributed by atoms with Gasteiger partial charge in [0.1, 0.15) is 5.75 Å². The summed E-state index contributed by atoms with van der Waals surface area (Å²) < 4.78 is 40.5. The summed E-state index contributed by atoms with van der Waals surface area (Å²) >= 11 is 0. The number of amides is 2. The quantitative estimate of drug-likeness (QED) is 0.570. The van der Waals surface area contributed by atoms with Crippen molar-refractivity contribution in [2.45, 2.75) is 51.3 Å². The molecule has 1 aliphatic rings. The average molecular weight is 414 g/mol. The first-order chi connectivity index (χ1) is 13.7. The van der Waals surface area contributed by atoms with Crippen LogP contribution in [-0.2, 0) is 9.59 Å². The number of benzene rings is 1. The maximum Gasteiger partial charge on any atom is 0.573 e. The predicted octanol–water partition coefficient (Wildman–Crippen LogP) is 3.83. The summed E-state index contributed by atoms with van der Waals surface area (Å²) in [6, 6.07) is 5.20. The minimum absolute atomic E-state index is 0.0308. The lowest BCUT2D eigenvalue weighted by molar-refractivity contribution is -0.274. The normalized spacial score (nSPS) is 15.0. The Morgan fingerprint density at radius 3 is 2.41 bits per heavy atom. The van der Waals surface area contributed by atoms with Gasteiger partial charge in [-0.3, -0.25) is 9.59 Å². The molecule has 0 atom stereocenters. The Labute approximate surface area is 168 Å². The summed E-state index contributed by atoms with van der Waals surface area (Å²) in [5.74, 6) is -0.518. The number of nitrogens with zero attached hydrogens (tertiary/aromatic N) is 1. The number of hydrogen-bond donors (Lipinski definition) is 2. The SMILES string of the molecule is NC(=O)CCN(CNc1ccc(OC(F)(F)F)cc1)C(=O)[CH]CC1CCCCC1. The Morgan fingerprint density at radius 1 is 1.17 bits per heavy atom. The first-order valence-electron chi connectivity index (χ1n) is 9.73. The van der Waals surface area contributed by atoms with Crippen LogP contribution in [0.5, 0.6) is 5.75 Å². The van der Waals surface area contributed by atoms with Crippen LogP contribution < -0.4 is 15.8 Å². The van der Waals surface area contributed by atoms with E-state index in [2.05, 4.69) is 10.1 Å². The summed E-state index contributed by atoms with van der Waals surface area (Å²) in [6.07, 6.45) is 3.50. The van der Waals surface area contributed by atoms with Gasteiger partial charge in [-0.25, -0.2) is 0 Å². The van der Waals surface area contributed by atoms with Crippen LogP contribution in [0.4, 0.5) is 18.9 Å². The molecule has 6 nitrogen and oxygen atoms in total. The molecule has 0 spiro atoms. The van der Waals surface area contributed by atoms with E-state index in [0.29, 0.717) is 18.0 Å². The number of halogens is 3. The van der Waals surface area contributed by atoms with E-state index in [1.54, 1.807) is 6.42 Å². The van der Waals surface area contributed by atoms with Crippen LogP contribution in [0, 0.1) is 12.3 Å². The van der Waals surface area contributed by atoms with Gasteiger partial charge in [0.15, 0.2) is 0 Å². The fraction of sp³-hybridized carbons (Fsp3) is 0.550. The molecule has 1 saturated carbocycles. The molecule has 1 aliphatic carbocycles. The number of hydrogen-bond acceptors (Lipinski definition) is 4. The molecule has 2 amide bonds. The second kappa shape index (κ2) is 10.9. The van der Waals surface area contributed by atoms with E-state index in [1.165, 1.54) is 48.4 Å². The first-order valence-corrected chi connectivity index (χ1v) is 9.73. The standard InChI is InChI=1S/C20H27F3N3O3/c21-20(22,23)29-17-9-7-16(8-10-17)25-14-26(13-12-18(24)27)19(28)11-6-15-4-2-1-3-5-15/h7-11,15,25H,1-6,12-14H2,(H2,24,27). The first kappa shape index (κ1) is 22.8. The molecule has 0 unspecified atom stereocenters. The van der Waals surface area contributed by atoms with Crippen molar-refractivity contribution in [2.24, 2.45) is 11.7 Å². The lowest BCUT2D eigenvalue weighted by atomic mass is 9.86. The molecule has 0 aromatic heterocycles. The maximum absolute atomic E-state index is 12.6. The summed E-state index contributed by atoms with van der Waals surface area (Å²) in [5.41, 5.74) is 5.71. The Morgan fingerprint density at radius 2 is 1.83 bits per heavy atom. The van der Waals surface area contributed by atoms with Gasteiger partial charge in [0.25, 0.3) is 0 Å². The number of alkyl halides is 3. The minimum atomic E-state index is -4.75. The predicted molar refractivity (Wildman–Crippen MR) is 103 cm³/mol. The Hall–Kier alpha value is -2.45. The molecule has 1 radical (unpaired) electrons. The van der Waals surface area contributed by atoms with Gasteiger partial charge in [-0.2, -0.15) is 0 Å². The highest BCUT2D eigenvalue weighted by atomic mass is 19.4. The molecule has 161 valence electrons. The van der Waals surface area contributed by atoms with Gasteiger partial charge in [0.2, 0.25) is 11.8 Å². The highest BCUT2D eigenvalue weighted by Gasteiger charge is 2.31. The van der Waals surface area contributed by atoms with E-state index in [4.69, 9.17) is 5.73 Å². The Bertz CT molecular complexity index is 659. The second-order valence-electron chi connectivity index (χ2n) is 7.17. The number of anilines is 1. The minimum Gasteiger partial charge on any atom is -0.406 e. The van der Waals surface area contributed by atoms with Gasteiger partial charge >= 0.3 is 6.36 Å². The van der Waals surface area contributed by atoms with Gasteiger partial charge in [0.05, 0.1) is 13.1 Å². The summed E-state index contributed by atoms with van der Waals surface area (Å²) in [6.45, 7) is 0.268. The molecule has 3 N–H and O–H groups in total. The van der Waals surface area contributed by atoms with E-state index in [1.807, 2.05) is 0 Å². The third kappa shape index (κ3) is 9.06. The molecule has 1 aromatic carbocycles. The van der Waals surface area contributed by atoms with E-state index in [0.717, 1.165) is 12.8 Å². The van der Waals surface area contributed by atoms with E-state index in [9.17, 15) is 22.8 Å². The van der Waals surface area contributed by atoms with Crippen LogP contribution in [0.1, 0.15) is 44.9 Å². The average Bonchev–Trinajstić information content (AvgIpc) is 2.67. The van der Waals surface area contributed by atoms with Crippen molar-refractivity contribution in [1.82, 2.24) is 4.90 Å². The van der Waals surface area contributed by atoms with Crippen molar-refractivity contribution in [3.8, 4) is 5.75 Å². The zero-order valence-electron chi connectivity index (χ0n) is 16.2.